The minimum absolute atomic E-state index is 0.120. The van der Waals surface area contributed by atoms with Crippen LogP contribution in [0.25, 0.3) is 0 Å². The Kier molecular flexibility index (Phi) is 3.47. The van der Waals surface area contributed by atoms with Crippen molar-refractivity contribution in [3.63, 3.8) is 0 Å². The van der Waals surface area contributed by atoms with Crippen molar-refractivity contribution in [1.29, 1.82) is 0 Å². The van der Waals surface area contributed by atoms with Gasteiger partial charge >= 0.3 is 5.97 Å². The molecule has 0 spiro atoms. The van der Waals surface area contributed by atoms with Crippen molar-refractivity contribution in [1.82, 2.24) is 4.90 Å². The first kappa shape index (κ1) is 11.4. The predicted molar refractivity (Wildman–Crippen MR) is 49.9 cm³/mol. The standard InChI is InChI=1S/C9H17NO4/c1-9(14,8(12)13)6-10-4-2-7(11)3-5-10/h7,11,14H,2-6H2,1H3,(H,12,13). The molecule has 3 N–H and O–H groups in total. The van der Waals surface area contributed by atoms with Crippen LogP contribution < -0.4 is 0 Å². The Morgan fingerprint density at radius 2 is 2.00 bits per heavy atom. The van der Waals surface area contributed by atoms with Gasteiger partial charge in [0.25, 0.3) is 0 Å². The number of carboxylic acids is 1. The van der Waals surface area contributed by atoms with Gasteiger partial charge in [-0.1, -0.05) is 0 Å². The normalized spacial score (nSPS) is 24.5. The Morgan fingerprint density at radius 1 is 1.50 bits per heavy atom. The van der Waals surface area contributed by atoms with Gasteiger partial charge in [-0.15, -0.1) is 0 Å². The maximum Gasteiger partial charge on any atom is 0.336 e. The van der Waals surface area contributed by atoms with Gasteiger partial charge in [0.05, 0.1) is 6.10 Å². The van der Waals surface area contributed by atoms with Gasteiger partial charge in [0.15, 0.2) is 5.60 Å². The fourth-order valence-electron chi connectivity index (χ4n) is 1.58. The summed E-state index contributed by atoms with van der Waals surface area (Å²) in [6.45, 7) is 2.70. The monoisotopic (exact) mass is 203 g/mol. The molecule has 0 bridgehead atoms. The van der Waals surface area contributed by atoms with Crippen LogP contribution in [-0.4, -0.2) is 57.5 Å². The smallest absolute Gasteiger partial charge is 0.336 e. The largest absolute Gasteiger partial charge is 0.479 e. The molecule has 1 heterocycles. The summed E-state index contributed by atoms with van der Waals surface area (Å²) in [5, 5.41) is 27.4. The number of carbonyl (C=O) groups is 1. The average molecular weight is 203 g/mol. The van der Waals surface area contributed by atoms with Gasteiger partial charge in [0.2, 0.25) is 0 Å². The van der Waals surface area contributed by atoms with E-state index in [0.717, 1.165) is 0 Å². The molecule has 0 radical (unpaired) electrons. The zero-order valence-corrected chi connectivity index (χ0v) is 8.31. The van der Waals surface area contributed by atoms with Gasteiger partial charge < -0.3 is 15.3 Å². The fraction of sp³-hybridized carbons (Fsp3) is 0.889. The van der Waals surface area contributed by atoms with Crippen molar-refractivity contribution in [3.05, 3.63) is 0 Å². The van der Waals surface area contributed by atoms with E-state index in [-0.39, 0.29) is 12.6 Å². The number of aliphatic hydroxyl groups excluding tert-OH is 1. The molecule has 5 heteroatoms. The van der Waals surface area contributed by atoms with Gasteiger partial charge in [-0.3, -0.25) is 4.90 Å². The molecule has 1 saturated heterocycles. The van der Waals surface area contributed by atoms with Gasteiger partial charge in [0.1, 0.15) is 0 Å². The average Bonchev–Trinajstić information content (AvgIpc) is 2.08. The lowest BCUT2D eigenvalue weighted by molar-refractivity contribution is -0.158. The molecule has 1 atom stereocenters. The van der Waals surface area contributed by atoms with E-state index in [4.69, 9.17) is 5.11 Å². The van der Waals surface area contributed by atoms with E-state index in [1.165, 1.54) is 6.92 Å². The quantitative estimate of drug-likeness (QED) is 0.564. The Balaban J connectivity index is 2.41. The molecular formula is C9H17NO4. The highest BCUT2D eigenvalue weighted by Crippen LogP contribution is 2.14. The van der Waals surface area contributed by atoms with E-state index in [0.29, 0.717) is 25.9 Å². The van der Waals surface area contributed by atoms with Crippen LogP contribution in [0.3, 0.4) is 0 Å². The summed E-state index contributed by atoms with van der Waals surface area (Å²) >= 11 is 0. The Bertz CT molecular complexity index is 209. The molecule has 82 valence electrons. The molecular weight excluding hydrogens is 186 g/mol. The molecule has 1 aliphatic heterocycles. The van der Waals surface area contributed by atoms with Crippen LogP contribution >= 0.6 is 0 Å². The maximum atomic E-state index is 10.6. The summed E-state index contributed by atoms with van der Waals surface area (Å²) in [7, 11) is 0. The molecule has 0 aromatic carbocycles. The molecule has 5 nitrogen and oxygen atoms in total. The molecule has 0 aliphatic carbocycles. The Morgan fingerprint density at radius 3 is 2.43 bits per heavy atom. The Hall–Kier alpha value is -0.650. The first-order valence-corrected chi connectivity index (χ1v) is 4.78. The molecule has 14 heavy (non-hydrogen) atoms. The van der Waals surface area contributed by atoms with Crippen LogP contribution in [0.2, 0.25) is 0 Å². The minimum Gasteiger partial charge on any atom is -0.479 e. The summed E-state index contributed by atoms with van der Waals surface area (Å²) in [5.74, 6) is -1.20. The zero-order chi connectivity index (χ0) is 10.8. The minimum atomic E-state index is -1.69. The van der Waals surface area contributed by atoms with Crippen LogP contribution in [0.5, 0.6) is 0 Å². The second-order valence-electron chi connectivity index (χ2n) is 4.09. The summed E-state index contributed by atoms with van der Waals surface area (Å²) in [6.07, 6.45) is 1.02. The summed E-state index contributed by atoms with van der Waals surface area (Å²) < 4.78 is 0. The summed E-state index contributed by atoms with van der Waals surface area (Å²) in [6, 6.07) is 0. The third kappa shape index (κ3) is 2.94. The first-order valence-electron chi connectivity index (χ1n) is 4.78. The van der Waals surface area contributed by atoms with Crippen LogP contribution in [0, 0.1) is 0 Å². The maximum absolute atomic E-state index is 10.6. The number of carboxylic acid groups (broad SMARTS) is 1. The van der Waals surface area contributed by atoms with Crippen molar-refractivity contribution in [2.75, 3.05) is 19.6 Å². The molecule has 1 unspecified atom stereocenters. The first-order chi connectivity index (χ1) is 6.42. The van der Waals surface area contributed by atoms with Crippen molar-refractivity contribution in [3.8, 4) is 0 Å². The van der Waals surface area contributed by atoms with E-state index in [2.05, 4.69) is 0 Å². The number of β-amino-alcohol motifs (C(OH)–C–C–N with tert-alkyl or cyclic N) is 1. The summed E-state index contributed by atoms with van der Waals surface area (Å²) in [5.41, 5.74) is -1.69. The molecule has 0 amide bonds. The lowest BCUT2D eigenvalue weighted by Gasteiger charge is -2.33. The third-order valence-corrected chi connectivity index (χ3v) is 2.55. The second kappa shape index (κ2) is 4.25. The molecule has 1 aliphatic rings. The van der Waals surface area contributed by atoms with Gasteiger partial charge in [0, 0.05) is 19.6 Å². The molecule has 0 aromatic rings. The second-order valence-corrected chi connectivity index (χ2v) is 4.09. The predicted octanol–water partition coefficient (Wildman–Crippen LogP) is -0.721. The van der Waals surface area contributed by atoms with Crippen molar-refractivity contribution < 1.29 is 20.1 Å². The van der Waals surface area contributed by atoms with Crippen LogP contribution in [0.15, 0.2) is 0 Å². The highest BCUT2D eigenvalue weighted by atomic mass is 16.4. The van der Waals surface area contributed by atoms with E-state index >= 15 is 0 Å². The molecule has 0 aromatic heterocycles. The number of aliphatic hydroxyl groups is 2. The van der Waals surface area contributed by atoms with Crippen molar-refractivity contribution in [2.24, 2.45) is 0 Å². The summed E-state index contributed by atoms with van der Waals surface area (Å²) in [4.78, 5) is 12.5. The highest BCUT2D eigenvalue weighted by molar-refractivity contribution is 5.76. The topological polar surface area (TPSA) is 81.0 Å². The van der Waals surface area contributed by atoms with Crippen molar-refractivity contribution >= 4 is 5.97 Å². The van der Waals surface area contributed by atoms with Crippen molar-refractivity contribution in [2.45, 2.75) is 31.5 Å². The van der Waals surface area contributed by atoms with Crippen LogP contribution in [-0.2, 0) is 4.79 Å². The zero-order valence-electron chi connectivity index (χ0n) is 8.31. The number of aliphatic carboxylic acids is 1. The van der Waals surface area contributed by atoms with E-state index in [1.807, 2.05) is 4.90 Å². The van der Waals surface area contributed by atoms with Crippen LogP contribution in [0.1, 0.15) is 19.8 Å². The van der Waals surface area contributed by atoms with E-state index in [9.17, 15) is 15.0 Å². The number of hydrogen-bond donors (Lipinski definition) is 3. The van der Waals surface area contributed by atoms with Crippen LogP contribution in [0.4, 0.5) is 0 Å². The van der Waals surface area contributed by atoms with Gasteiger partial charge in [-0.05, 0) is 19.8 Å². The van der Waals surface area contributed by atoms with Gasteiger partial charge in [-0.2, -0.15) is 0 Å². The molecule has 0 saturated carbocycles. The number of rotatable bonds is 3. The number of piperidine rings is 1. The van der Waals surface area contributed by atoms with E-state index < -0.39 is 11.6 Å². The van der Waals surface area contributed by atoms with E-state index in [1.54, 1.807) is 0 Å². The lowest BCUT2D eigenvalue weighted by Crippen LogP contribution is -2.49. The van der Waals surface area contributed by atoms with Gasteiger partial charge in [-0.25, -0.2) is 4.79 Å². The lowest BCUT2D eigenvalue weighted by atomic mass is 10.0. The number of nitrogens with zero attached hydrogens (tertiary/aromatic N) is 1. The third-order valence-electron chi connectivity index (χ3n) is 2.55. The molecule has 1 fully saturated rings. The highest BCUT2D eigenvalue weighted by Gasteiger charge is 2.33. The molecule has 1 rings (SSSR count). The Labute approximate surface area is 83.0 Å². The fourth-order valence-corrected chi connectivity index (χ4v) is 1.58. The number of likely N-dealkylation sites (tertiary alicyclic amines) is 1. The SMILES string of the molecule is CC(O)(CN1CCC(O)CC1)C(=O)O. The number of hydrogen-bond acceptors (Lipinski definition) is 4.